The molecule has 0 saturated carbocycles. The molecule has 0 unspecified atom stereocenters. The number of benzene rings is 1. The molecule has 1 aromatic carbocycles. The molecule has 2 N–H and O–H groups in total. The first-order valence-corrected chi connectivity index (χ1v) is 7.77. The van der Waals surface area contributed by atoms with Crippen molar-refractivity contribution in [1.29, 1.82) is 0 Å². The summed E-state index contributed by atoms with van der Waals surface area (Å²) in [4.78, 5) is 34.3. The number of non-ortho nitro benzene ring substituents is 1. The summed E-state index contributed by atoms with van der Waals surface area (Å²) < 4.78 is 5.71. The number of nitro benzene ring substituents is 1. The summed E-state index contributed by atoms with van der Waals surface area (Å²) >= 11 is 4.38. The van der Waals surface area contributed by atoms with E-state index in [1.807, 2.05) is 0 Å². The number of amides is 2. The lowest BCUT2D eigenvalue weighted by molar-refractivity contribution is -0.384. The molecule has 0 fully saturated rings. The molecule has 0 radical (unpaired) electrons. The number of nitro groups is 1. The van der Waals surface area contributed by atoms with E-state index in [-0.39, 0.29) is 16.1 Å². The highest BCUT2D eigenvalue weighted by atomic mass is 79.9. The topological polar surface area (TPSA) is 111 Å². The van der Waals surface area contributed by atoms with Crippen molar-refractivity contribution in [2.45, 2.75) is 0 Å². The minimum absolute atomic E-state index is 0.0545. The Hall–Kier alpha value is -2.46. The number of hydrogen-bond acceptors (Lipinski definition) is 6. The second-order valence-electron chi connectivity index (χ2n) is 4.16. The average Bonchev–Trinajstić information content (AvgIpc) is 2.93. The maximum absolute atomic E-state index is 12.0. The Labute approximate surface area is 142 Å². The third kappa shape index (κ3) is 3.85. The fourth-order valence-corrected chi connectivity index (χ4v) is 3.23. The number of nitrogens with zero attached hydrogens (tertiary/aromatic N) is 1. The van der Waals surface area contributed by atoms with Crippen LogP contribution in [0.5, 0.6) is 5.75 Å². The number of nitrogens with one attached hydrogen (secondary N) is 2. The van der Waals surface area contributed by atoms with Crippen LogP contribution in [0.2, 0.25) is 0 Å². The van der Waals surface area contributed by atoms with Crippen LogP contribution in [0.4, 0.5) is 5.69 Å². The van der Waals surface area contributed by atoms with E-state index in [4.69, 9.17) is 4.74 Å². The van der Waals surface area contributed by atoms with Gasteiger partial charge in [-0.05, 0) is 22.0 Å². The molecule has 8 nitrogen and oxygen atoms in total. The van der Waals surface area contributed by atoms with Gasteiger partial charge in [-0.1, -0.05) is 6.07 Å². The Morgan fingerprint density at radius 1 is 1.30 bits per heavy atom. The number of ether oxygens (including phenoxy) is 1. The van der Waals surface area contributed by atoms with E-state index in [9.17, 15) is 19.7 Å². The zero-order valence-corrected chi connectivity index (χ0v) is 14.1. The summed E-state index contributed by atoms with van der Waals surface area (Å²) in [6.07, 6.45) is 0. The summed E-state index contributed by atoms with van der Waals surface area (Å²) in [6, 6.07) is 5.16. The Kier molecular flexibility index (Phi) is 5.29. The maximum Gasteiger partial charge on any atom is 0.283 e. The minimum atomic E-state index is -0.670. The summed E-state index contributed by atoms with van der Waals surface area (Å²) in [5.74, 6) is -0.870. The fraction of sp³-hybridized carbons (Fsp3) is 0.0769. The SMILES string of the molecule is COc1c(Br)csc1C(=O)NNC(=O)c1cccc([N+](=O)[O-])c1. The first-order chi connectivity index (χ1) is 10.9. The van der Waals surface area contributed by atoms with E-state index < -0.39 is 16.7 Å². The van der Waals surface area contributed by atoms with Crippen LogP contribution >= 0.6 is 27.3 Å². The van der Waals surface area contributed by atoms with E-state index in [1.165, 1.54) is 25.3 Å². The van der Waals surface area contributed by atoms with E-state index in [0.29, 0.717) is 10.2 Å². The molecular formula is C13H10BrN3O5S. The largest absolute Gasteiger partial charge is 0.494 e. The van der Waals surface area contributed by atoms with Crippen LogP contribution in [0.25, 0.3) is 0 Å². The van der Waals surface area contributed by atoms with Gasteiger partial charge in [0.2, 0.25) is 0 Å². The lowest BCUT2D eigenvalue weighted by Gasteiger charge is -2.07. The van der Waals surface area contributed by atoms with Gasteiger partial charge in [-0.2, -0.15) is 0 Å². The standard InChI is InChI=1S/C13H10BrN3O5S/c1-22-10-9(14)6-23-11(10)13(19)16-15-12(18)7-3-2-4-8(5-7)17(20)21/h2-6H,1H3,(H,15,18)(H,16,19). The molecule has 23 heavy (non-hydrogen) atoms. The van der Waals surface area contributed by atoms with E-state index in [0.717, 1.165) is 17.4 Å². The Morgan fingerprint density at radius 3 is 2.65 bits per heavy atom. The molecule has 2 aromatic rings. The predicted molar refractivity (Wildman–Crippen MR) is 86.6 cm³/mol. The van der Waals surface area contributed by atoms with Crippen molar-refractivity contribution in [2.24, 2.45) is 0 Å². The van der Waals surface area contributed by atoms with Gasteiger partial charge in [0, 0.05) is 23.1 Å². The van der Waals surface area contributed by atoms with E-state index in [2.05, 4.69) is 26.8 Å². The van der Waals surface area contributed by atoms with Crippen molar-refractivity contribution >= 4 is 44.8 Å². The molecule has 0 bridgehead atoms. The van der Waals surface area contributed by atoms with Crippen LogP contribution in [-0.2, 0) is 0 Å². The van der Waals surface area contributed by atoms with Crippen molar-refractivity contribution in [2.75, 3.05) is 7.11 Å². The highest BCUT2D eigenvalue weighted by Gasteiger charge is 2.19. The third-order valence-electron chi connectivity index (χ3n) is 2.72. The first kappa shape index (κ1) is 16.9. The van der Waals surface area contributed by atoms with Gasteiger partial charge in [-0.15, -0.1) is 11.3 Å². The Balaban J connectivity index is 2.05. The van der Waals surface area contributed by atoms with E-state index in [1.54, 1.807) is 5.38 Å². The Morgan fingerprint density at radius 2 is 2.00 bits per heavy atom. The monoisotopic (exact) mass is 399 g/mol. The molecule has 0 spiro atoms. The third-order valence-corrected chi connectivity index (χ3v) is 4.57. The van der Waals surface area contributed by atoms with Gasteiger partial charge in [-0.25, -0.2) is 0 Å². The van der Waals surface area contributed by atoms with Crippen LogP contribution < -0.4 is 15.6 Å². The number of carbonyl (C=O) groups excluding carboxylic acids is 2. The van der Waals surface area contributed by atoms with Gasteiger partial charge in [0.05, 0.1) is 16.5 Å². The van der Waals surface area contributed by atoms with Crippen molar-refractivity contribution in [3.05, 3.63) is 54.7 Å². The summed E-state index contributed by atoms with van der Waals surface area (Å²) in [6.45, 7) is 0. The molecule has 0 aliphatic carbocycles. The van der Waals surface area contributed by atoms with Gasteiger partial charge in [0.15, 0.2) is 5.75 Å². The molecule has 0 atom stereocenters. The molecule has 1 aromatic heterocycles. The zero-order valence-electron chi connectivity index (χ0n) is 11.7. The zero-order chi connectivity index (χ0) is 17.0. The smallest absolute Gasteiger partial charge is 0.283 e. The number of methoxy groups -OCH3 is 1. The summed E-state index contributed by atoms with van der Waals surface area (Å²) in [7, 11) is 1.42. The van der Waals surface area contributed by atoms with Gasteiger partial charge < -0.3 is 4.74 Å². The summed E-state index contributed by atoms with van der Waals surface area (Å²) in [5.41, 5.74) is 4.27. The molecule has 10 heteroatoms. The number of halogens is 1. The van der Waals surface area contributed by atoms with Crippen molar-refractivity contribution in [3.63, 3.8) is 0 Å². The second kappa shape index (κ2) is 7.20. The van der Waals surface area contributed by atoms with Crippen LogP contribution in [0.15, 0.2) is 34.1 Å². The molecular weight excluding hydrogens is 390 g/mol. The molecule has 0 aliphatic rings. The first-order valence-electron chi connectivity index (χ1n) is 6.10. The molecule has 0 saturated heterocycles. The normalized spacial score (nSPS) is 10.0. The number of hydrazine groups is 1. The Bertz CT molecular complexity index is 777. The van der Waals surface area contributed by atoms with Crippen molar-refractivity contribution in [3.8, 4) is 5.75 Å². The lowest BCUT2D eigenvalue weighted by atomic mass is 10.2. The van der Waals surface area contributed by atoms with Gasteiger partial charge in [0.1, 0.15) is 4.88 Å². The van der Waals surface area contributed by atoms with Crippen LogP contribution in [-0.4, -0.2) is 23.8 Å². The molecule has 2 amide bonds. The lowest BCUT2D eigenvalue weighted by Crippen LogP contribution is -2.41. The van der Waals surface area contributed by atoms with Crippen LogP contribution in [0, 0.1) is 10.1 Å². The van der Waals surface area contributed by atoms with E-state index >= 15 is 0 Å². The second-order valence-corrected chi connectivity index (χ2v) is 5.90. The number of carbonyl (C=O) groups is 2. The highest BCUT2D eigenvalue weighted by Crippen LogP contribution is 2.34. The minimum Gasteiger partial charge on any atom is -0.494 e. The molecule has 120 valence electrons. The number of thiophene rings is 1. The molecule has 1 heterocycles. The van der Waals surface area contributed by atoms with Crippen LogP contribution in [0.1, 0.15) is 20.0 Å². The van der Waals surface area contributed by atoms with Gasteiger partial charge in [0.25, 0.3) is 17.5 Å². The maximum atomic E-state index is 12.0. The summed E-state index contributed by atoms with van der Waals surface area (Å²) in [5, 5.41) is 12.4. The van der Waals surface area contributed by atoms with Crippen molar-refractivity contribution in [1.82, 2.24) is 10.9 Å². The number of hydrogen-bond donors (Lipinski definition) is 2. The van der Waals surface area contributed by atoms with Gasteiger partial charge in [-0.3, -0.25) is 30.6 Å². The predicted octanol–water partition coefficient (Wildman–Crippen LogP) is 2.50. The quantitative estimate of drug-likeness (QED) is 0.605. The fourth-order valence-electron chi connectivity index (χ4n) is 1.68. The van der Waals surface area contributed by atoms with Crippen LogP contribution in [0.3, 0.4) is 0 Å². The molecule has 0 aliphatic heterocycles. The highest BCUT2D eigenvalue weighted by molar-refractivity contribution is 9.10. The molecule has 2 rings (SSSR count). The average molecular weight is 400 g/mol. The van der Waals surface area contributed by atoms with Gasteiger partial charge >= 0.3 is 0 Å². The van der Waals surface area contributed by atoms with Crippen molar-refractivity contribution < 1.29 is 19.2 Å². The number of rotatable bonds is 4.